The Labute approximate surface area is 218 Å². The molecule has 1 heterocycles. The molecule has 0 aliphatic carbocycles. The minimum Gasteiger partial charge on any atom is -0.462 e. The Morgan fingerprint density at radius 2 is 1.77 bits per heavy atom. The molecule has 0 radical (unpaired) electrons. The second-order valence-electron chi connectivity index (χ2n) is 10.4. The lowest BCUT2D eigenvalue weighted by molar-refractivity contribution is -0.120. The van der Waals surface area contributed by atoms with E-state index in [9.17, 15) is 9.59 Å². The number of unbranched alkanes of at least 4 members (excludes halogenated alkanes) is 1. The van der Waals surface area contributed by atoms with Crippen LogP contribution in [0.5, 0.6) is 0 Å². The molecule has 188 valence electrons. The van der Waals surface area contributed by atoms with Crippen LogP contribution in [0.3, 0.4) is 0 Å². The number of allylic oxidation sites excluding steroid dienone is 1. The van der Waals surface area contributed by atoms with E-state index in [2.05, 4.69) is 34.7 Å². The van der Waals surface area contributed by atoms with Crippen LogP contribution in [0.1, 0.15) is 81.8 Å². The summed E-state index contributed by atoms with van der Waals surface area (Å²) in [7, 11) is 0. The van der Waals surface area contributed by atoms with Gasteiger partial charge >= 0.3 is 5.97 Å². The number of carbonyl (C=O) groups is 2. The molecule has 0 spiro atoms. The van der Waals surface area contributed by atoms with Crippen LogP contribution in [0.15, 0.2) is 53.1 Å². The van der Waals surface area contributed by atoms with Crippen molar-refractivity contribution in [3.63, 3.8) is 0 Å². The highest BCUT2D eigenvalue weighted by molar-refractivity contribution is 9.10. The van der Waals surface area contributed by atoms with Gasteiger partial charge in [-0.15, -0.1) is 0 Å². The van der Waals surface area contributed by atoms with E-state index < -0.39 is 5.41 Å². The van der Waals surface area contributed by atoms with Crippen molar-refractivity contribution in [3.8, 4) is 0 Å². The maximum absolute atomic E-state index is 13.3. The lowest BCUT2D eigenvalue weighted by Gasteiger charge is -2.22. The van der Waals surface area contributed by atoms with Crippen molar-refractivity contribution in [3.05, 3.63) is 69.8 Å². The van der Waals surface area contributed by atoms with Gasteiger partial charge in [-0.25, -0.2) is 4.79 Å². The lowest BCUT2D eigenvalue weighted by Crippen LogP contribution is -2.24. The largest absolute Gasteiger partial charge is 0.462 e. The van der Waals surface area contributed by atoms with Gasteiger partial charge < -0.3 is 9.64 Å². The molecular formula is C30H38BrNO3. The molecule has 0 aromatic heterocycles. The summed E-state index contributed by atoms with van der Waals surface area (Å²) in [6.45, 7) is 11.4. The summed E-state index contributed by atoms with van der Waals surface area (Å²) in [5, 5.41) is 0. The monoisotopic (exact) mass is 539 g/mol. The van der Waals surface area contributed by atoms with Gasteiger partial charge in [-0.1, -0.05) is 81.9 Å². The normalized spacial score (nSPS) is 14.6. The molecule has 1 atom stereocenters. The van der Waals surface area contributed by atoms with Gasteiger partial charge in [0.15, 0.2) is 5.78 Å². The molecule has 0 saturated carbocycles. The molecule has 5 heteroatoms. The van der Waals surface area contributed by atoms with Gasteiger partial charge in [-0.05, 0) is 60.2 Å². The zero-order valence-corrected chi connectivity index (χ0v) is 23.3. The van der Waals surface area contributed by atoms with Gasteiger partial charge in [0.05, 0.1) is 12.2 Å². The first-order valence-corrected chi connectivity index (χ1v) is 13.5. The number of ketones is 1. The number of ether oxygens (including phenoxy) is 1. The third kappa shape index (κ3) is 7.07. The van der Waals surface area contributed by atoms with Crippen molar-refractivity contribution < 1.29 is 14.3 Å². The zero-order chi connectivity index (χ0) is 25.6. The minimum atomic E-state index is -0.497. The fraction of sp³-hybridized carbons (Fsp3) is 0.467. The molecule has 0 saturated heterocycles. The molecule has 1 aliphatic rings. The number of hydrogen-bond donors (Lipinski definition) is 0. The lowest BCUT2D eigenvalue weighted by atomic mass is 9.84. The first-order valence-electron chi connectivity index (χ1n) is 12.7. The highest BCUT2D eigenvalue weighted by atomic mass is 79.9. The van der Waals surface area contributed by atoms with Gasteiger partial charge in [-0.3, -0.25) is 4.79 Å². The van der Waals surface area contributed by atoms with Crippen LogP contribution in [0.25, 0.3) is 5.57 Å². The molecule has 2 aromatic rings. The van der Waals surface area contributed by atoms with Crippen molar-refractivity contribution in [2.24, 2.45) is 11.3 Å². The molecule has 0 amide bonds. The van der Waals surface area contributed by atoms with E-state index in [1.807, 2.05) is 69.4 Å². The van der Waals surface area contributed by atoms with Crippen LogP contribution < -0.4 is 4.90 Å². The zero-order valence-electron chi connectivity index (χ0n) is 21.7. The number of esters is 1. The Kier molecular flexibility index (Phi) is 9.34. The Balaban J connectivity index is 1.81. The van der Waals surface area contributed by atoms with E-state index in [-0.39, 0.29) is 11.8 Å². The Morgan fingerprint density at radius 3 is 2.40 bits per heavy atom. The minimum absolute atomic E-state index is 0.0991. The SMILES string of the molecule is CCCCC(CC)COC(=O)c1ccc2c(c1)CCN2/C=C(/C(=O)C(C)(C)C)c1ccc(Br)cc1. The number of nitrogens with zero attached hydrogens (tertiary/aromatic N) is 1. The van der Waals surface area contributed by atoms with Crippen LogP contribution >= 0.6 is 15.9 Å². The predicted molar refractivity (Wildman–Crippen MR) is 148 cm³/mol. The number of anilines is 1. The first-order chi connectivity index (χ1) is 16.6. The maximum Gasteiger partial charge on any atom is 0.338 e. The first kappa shape index (κ1) is 27.2. The highest BCUT2D eigenvalue weighted by Gasteiger charge is 2.28. The van der Waals surface area contributed by atoms with Gasteiger partial charge in [0.1, 0.15) is 0 Å². The van der Waals surface area contributed by atoms with Gasteiger partial charge in [0.2, 0.25) is 0 Å². The average molecular weight is 541 g/mol. The maximum atomic E-state index is 13.3. The fourth-order valence-corrected chi connectivity index (χ4v) is 4.58. The quantitative estimate of drug-likeness (QED) is 0.228. The Bertz CT molecular complexity index is 1070. The smallest absolute Gasteiger partial charge is 0.338 e. The van der Waals surface area contributed by atoms with Crippen molar-refractivity contribution in [2.45, 2.75) is 66.7 Å². The topological polar surface area (TPSA) is 46.6 Å². The van der Waals surface area contributed by atoms with Gasteiger partial charge in [0.25, 0.3) is 0 Å². The number of halogens is 1. The van der Waals surface area contributed by atoms with Crippen molar-refractivity contribution in [2.75, 3.05) is 18.1 Å². The number of rotatable bonds is 10. The molecular weight excluding hydrogens is 502 g/mol. The molecule has 0 bridgehead atoms. The predicted octanol–water partition coefficient (Wildman–Crippen LogP) is 7.84. The molecule has 0 fully saturated rings. The van der Waals surface area contributed by atoms with Crippen LogP contribution in [-0.4, -0.2) is 24.9 Å². The van der Waals surface area contributed by atoms with E-state index in [0.29, 0.717) is 23.7 Å². The van der Waals surface area contributed by atoms with Gasteiger partial charge in [-0.2, -0.15) is 0 Å². The molecule has 3 rings (SSSR count). The summed E-state index contributed by atoms with van der Waals surface area (Å²) < 4.78 is 6.63. The third-order valence-corrected chi connectivity index (χ3v) is 7.13. The van der Waals surface area contributed by atoms with Crippen LogP contribution in [0, 0.1) is 11.3 Å². The van der Waals surface area contributed by atoms with Crippen molar-refractivity contribution >= 4 is 38.9 Å². The summed E-state index contributed by atoms with van der Waals surface area (Å²) in [5.41, 5.74) is 3.83. The summed E-state index contributed by atoms with van der Waals surface area (Å²) in [6.07, 6.45) is 7.23. The van der Waals surface area contributed by atoms with E-state index in [0.717, 1.165) is 59.9 Å². The van der Waals surface area contributed by atoms with Crippen molar-refractivity contribution in [1.29, 1.82) is 0 Å². The molecule has 1 aliphatic heterocycles. The number of Topliss-reactive ketones (excluding diaryl/α,β-unsaturated/α-hetero) is 1. The van der Waals surface area contributed by atoms with E-state index >= 15 is 0 Å². The molecule has 0 N–H and O–H groups in total. The molecule has 4 nitrogen and oxygen atoms in total. The number of fused-ring (bicyclic) bond motifs is 1. The summed E-state index contributed by atoms with van der Waals surface area (Å²) in [5.74, 6) is 0.267. The Morgan fingerprint density at radius 1 is 1.09 bits per heavy atom. The average Bonchev–Trinajstić information content (AvgIpc) is 3.24. The fourth-order valence-electron chi connectivity index (χ4n) is 4.32. The third-order valence-electron chi connectivity index (χ3n) is 6.61. The van der Waals surface area contributed by atoms with Crippen LogP contribution in [-0.2, 0) is 16.0 Å². The highest BCUT2D eigenvalue weighted by Crippen LogP contribution is 2.33. The van der Waals surface area contributed by atoms with E-state index in [1.54, 1.807) is 0 Å². The summed E-state index contributed by atoms with van der Waals surface area (Å²) >= 11 is 3.48. The number of hydrogen-bond acceptors (Lipinski definition) is 4. The second-order valence-corrected chi connectivity index (χ2v) is 11.3. The van der Waals surface area contributed by atoms with E-state index in [1.165, 1.54) is 0 Å². The van der Waals surface area contributed by atoms with Crippen LogP contribution in [0.4, 0.5) is 5.69 Å². The molecule has 2 aromatic carbocycles. The molecule has 1 unspecified atom stereocenters. The van der Waals surface area contributed by atoms with Crippen molar-refractivity contribution in [1.82, 2.24) is 0 Å². The molecule has 35 heavy (non-hydrogen) atoms. The number of benzene rings is 2. The number of carbonyl (C=O) groups excluding carboxylic acids is 2. The summed E-state index contributed by atoms with van der Waals surface area (Å²) in [4.78, 5) is 28.2. The Hall–Kier alpha value is -2.40. The second kappa shape index (κ2) is 12.0. The van der Waals surface area contributed by atoms with E-state index in [4.69, 9.17) is 4.74 Å². The van der Waals surface area contributed by atoms with Gasteiger partial charge in [0, 0.05) is 33.9 Å². The standard InChI is InChI=1S/C30H38BrNO3/c1-6-8-9-21(7-2)20-35-29(34)24-12-15-27-23(18-24)16-17-32(27)19-26(28(33)30(3,4)5)22-10-13-25(31)14-11-22/h10-15,18-19,21H,6-9,16-17,20H2,1-5H3/b26-19+. The van der Waals surface area contributed by atoms with Crippen LogP contribution in [0.2, 0.25) is 0 Å². The summed E-state index contributed by atoms with van der Waals surface area (Å²) in [6, 6.07) is 13.6.